The van der Waals surface area contributed by atoms with Gasteiger partial charge in [0.05, 0.1) is 13.5 Å². The van der Waals surface area contributed by atoms with E-state index in [0.29, 0.717) is 18.7 Å². The third-order valence-corrected chi connectivity index (χ3v) is 3.29. The average molecular weight is 284 g/mol. The summed E-state index contributed by atoms with van der Waals surface area (Å²) in [6, 6.07) is 14.9. The summed E-state index contributed by atoms with van der Waals surface area (Å²) < 4.78 is 5.18. The number of nitrogens with two attached hydrogens (primary N) is 1. The van der Waals surface area contributed by atoms with E-state index in [0.717, 1.165) is 17.0 Å². The van der Waals surface area contributed by atoms with Gasteiger partial charge in [0.25, 0.3) is 0 Å². The summed E-state index contributed by atoms with van der Waals surface area (Å²) in [7, 11) is 1.62. The third-order valence-electron chi connectivity index (χ3n) is 3.29. The highest BCUT2D eigenvalue weighted by molar-refractivity contribution is 5.95. The molecule has 1 amide bonds. The molecule has 0 saturated heterocycles. The van der Waals surface area contributed by atoms with Crippen molar-refractivity contribution in [3.05, 3.63) is 54.1 Å². The van der Waals surface area contributed by atoms with Crippen LogP contribution in [0.4, 0.5) is 11.4 Å². The van der Waals surface area contributed by atoms with E-state index < -0.39 is 0 Å². The monoisotopic (exact) mass is 284 g/mol. The van der Waals surface area contributed by atoms with Crippen molar-refractivity contribution in [2.75, 3.05) is 24.3 Å². The number of nitrogens with zero attached hydrogens (tertiary/aromatic N) is 1. The topological polar surface area (TPSA) is 55.6 Å². The lowest BCUT2D eigenvalue weighted by Crippen LogP contribution is -2.32. The molecule has 0 heterocycles. The molecule has 0 aromatic heterocycles. The SMILES string of the molecule is CCN(C(=O)Cc1cccc(OC)c1)c1cccc(N)c1. The van der Waals surface area contributed by atoms with Crippen molar-refractivity contribution in [3.63, 3.8) is 0 Å². The minimum atomic E-state index is 0.0383. The molecule has 2 aromatic carbocycles. The molecule has 0 fully saturated rings. The Morgan fingerprint density at radius 3 is 2.62 bits per heavy atom. The second-order valence-corrected chi connectivity index (χ2v) is 4.76. The Balaban J connectivity index is 2.16. The summed E-state index contributed by atoms with van der Waals surface area (Å²) in [6.45, 7) is 2.55. The number of methoxy groups -OCH3 is 1. The zero-order valence-electron chi connectivity index (χ0n) is 12.4. The Morgan fingerprint density at radius 1 is 1.19 bits per heavy atom. The van der Waals surface area contributed by atoms with Gasteiger partial charge >= 0.3 is 0 Å². The van der Waals surface area contributed by atoms with Crippen LogP contribution in [0.1, 0.15) is 12.5 Å². The minimum Gasteiger partial charge on any atom is -0.497 e. The van der Waals surface area contributed by atoms with Crippen molar-refractivity contribution in [2.45, 2.75) is 13.3 Å². The van der Waals surface area contributed by atoms with Crippen LogP contribution >= 0.6 is 0 Å². The Kier molecular flexibility index (Phi) is 4.82. The van der Waals surface area contributed by atoms with Crippen molar-refractivity contribution >= 4 is 17.3 Å². The first-order valence-corrected chi connectivity index (χ1v) is 6.93. The van der Waals surface area contributed by atoms with Gasteiger partial charge < -0.3 is 15.4 Å². The number of amides is 1. The Morgan fingerprint density at radius 2 is 1.95 bits per heavy atom. The lowest BCUT2D eigenvalue weighted by Gasteiger charge is -2.21. The van der Waals surface area contributed by atoms with Gasteiger partial charge in [-0.1, -0.05) is 18.2 Å². The maximum Gasteiger partial charge on any atom is 0.231 e. The number of rotatable bonds is 5. The van der Waals surface area contributed by atoms with E-state index in [1.54, 1.807) is 12.0 Å². The number of carbonyl (C=O) groups is 1. The molecule has 0 aliphatic heterocycles. The number of nitrogen functional groups attached to an aromatic ring is 1. The maximum absolute atomic E-state index is 12.5. The van der Waals surface area contributed by atoms with Crippen LogP contribution in [0.5, 0.6) is 5.75 Å². The number of hydrogen-bond donors (Lipinski definition) is 1. The first-order valence-electron chi connectivity index (χ1n) is 6.93. The molecular weight excluding hydrogens is 264 g/mol. The van der Waals surface area contributed by atoms with E-state index in [-0.39, 0.29) is 5.91 Å². The number of benzene rings is 2. The van der Waals surface area contributed by atoms with Crippen molar-refractivity contribution in [1.82, 2.24) is 0 Å². The predicted octanol–water partition coefficient (Wildman–Crippen LogP) is 2.87. The summed E-state index contributed by atoms with van der Waals surface area (Å²) in [6.07, 6.45) is 0.333. The zero-order chi connectivity index (χ0) is 15.2. The second kappa shape index (κ2) is 6.79. The Bertz CT molecular complexity index is 626. The van der Waals surface area contributed by atoms with E-state index in [1.807, 2.05) is 55.5 Å². The molecule has 0 aliphatic carbocycles. The highest BCUT2D eigenvalue weighted by Crippen LogP contribution is 2.19. The van der Waals surface area contributed by atoms with Crippen LogP contribution < -0.4 is 15.4 Å². The van der Waals surface area contributed by atoms with Crippen LogP contribution in [0.15, 0.2) is 48.5 Å². The Hall–Kier alpha value is -2.49. The van der Waals surface area contributed by atoms with Gasteiger partial charge in [0, 0.05) is 17.9 Å². The van der Waals surface area contributed by atoms with Gasteiger partial charge in [-0.15, -0.1) is 0 Å². The molecule has 4 heteroatoms. The van der Waals surface area contributed by atoms with E-state index >= 15 is 0 Å². The van der Waals surface area contributed by atoms with Gasteiger partial charge in [-0.2, -0.15) is 0 Å². The molecule has 4 nitrogen and oxygen atoms in total. The van der Waals surface area contributed by atoms with Crippen LogP contribution in [-0.2, 0) is 11.2 Å². The van der Waals surface area contributed by atoms with Crippen LogP contribution in [0.2, 0.25) is 0 Å². The van der Waals surface area contributed by atoms with Crippen molar-refractivity contribution in [3.8, 4) is 5.75 Å². The fraction of sp³-hybridized carbons (Fsp3) is 0.235. The van der Waals surface area contributed by atoms with E-state index in [2.05, 4.69) is 0 Å². The fourth-order valence-electron chi connectivity index (χ4n) is 2.25. The summed E-state index contributed by atoms with van der Waals surface area (Å²) >= 11 is 0. The minimum absolute atomic E-state index is 0.0383. The number of hydrogen-bond acceptors (Lipinski definition) is 3. The molecule has 21 heavy (non-hydrogen) atoms. The normalized spacial score (nSPS) is 10.2. The molecule has 110 valence electrons. The largest absolute Gasteiger partial charge is 0.497 e. The first kappa shape index (κ1) is 14.9. The van der Waals surface area contributed by atoms with Gasteiger partial charge in [-0.3, -0.25) is 4.79 Å². The Labute approximate surface area is 125 Å². The molecule has 2 N–H and O–H groups in total. The van der Waals surface area contributed by atoms with Gasteiger partial charge in [-0.05, 0) is 42.8 Å². The molecule has 0 saturated carbocycles. The first-order chi connectivity index (χ1) is 10.1. The second-order valence-electron chi connectivity index (χ2n) is 4.76. The van der Waals surface area contributed by atoms with Crippen molar-refractivity contribution < 1.29 is 9.53 Å². The van der Waals surface area contributed by atoms with Gasteiger partial charge in [0.2, 0.25) is 5.91 Å². The van der Waals surface area contributed by atoms with E-state index in [9.17, 15) is 4.79 Å². The quantitative estimate of drug-likeness (QED) is 0.859. The number of likely N-dealkylation sites (N-methyl/N-ethyl adjacent to an activating group) is 1. The smallest absolute Gasteiger partial charge is 0.231 e. The molecule has 0 spiro atoms. The van der Waals surface area contributed by atoms with Crippen LogP contribution in [0, 0.1) is 0 Å². The molecule has 0 radical (unpaired) electrons. The van der Waals surface area contributed by atoms with E-state index in [4.69, 9.17) is 10.5 Å². The lowest BCUT2D eigenvalue weighted by atomic mass is 10.1. The maximum atomic E-state index is 12.5. The summed E-state index contributed by atoms with van der Waals surface area (Å²) in [5, 5.41) is 0. The molecule has 0 bridgehead atoms. The molecular formula is C17H20N2O2. The molecule has 2 rings (SSSR count). The molecule has 0 atom stereocenters. The summed E-state index contributed by atoms with van der Waals surface area (Å²) in [4.78, 5) is 14.2. The van der Waals surface area contributed by atoms with Crippen LogP contribution in [0.25, 0.3) is 0 Å². The standard InChI is InChI=1S/C17H20N2O2/c1-3-19(15-8-5-7-14(18)12-15)17(20)11-13-6-4-9-16(10-13)21-2/h4-10,12H,3,11,18H2,1-2H3. The van der Waals surface area contributed by atoms with Crippen molar-refractivity contribution in [1.29, 1.82) is 0 Å². The van der Waals surface area contributed by atoms with Crippen LogP contribution in [0.3, 0.4) is 0 Å². The zero-order valence-corrected chi connectivity index (χ0v) is 12.4. The summed E-state index contributed by atoms with van der Waals surface area (Å²) in [5.41, 5.74) is 8.20. The van der Waals surface area contributed by atoms with Gasteiger partial charge in [0.15, 0.2) is 0 Å². The highest BCUT2D eigenvalue weighted by Gasteiger charge is 2.14. The predicted molar refractivity (Wildman–Crippen MR) is 85.6 cm³/mol. The lowest BCUT2D eigenvalue weighted by molar-refractivity contribution is -0.117. The number of anilines is 2. The summed E-state index contributed by atoms with van der Waals surface area (Å²) in [5.74, 6) is 0.795. The highest BCUT2D eigenvalue weighted by atomic mass is 16.5. The molecule has 0 unspecified atom stereocenters. The van der Waals surface area contributed by atoms with Crippen LogP contribution in [-0.4, -0.2) is 19.6 Å². The number of ether oxygens (including phenoxy) is 1. The fourth-order valence-corrected chi connectivity index (χ4v) is 2.25. The van der Waals surface area contributed by atoms with Gasteiger partial charge in [-0.25, -0.2) is 0 Å². The average Bonchev–Trinajstić information content (AvgIpc) is 2.48. The molecule has 2 aromatic rings. The molecule has 0 aliphatic rings. The number of carbonyl (C=O) groups excluding carboxylic acids is 1. The van der Waals surface area contributed by atoms with Crippen molar-refractivity contribution in [2.24, 2.45) is 0 Å². The third kappa shape index (κ3) is 3.75. The van der Waals surface area contributed by atoms with E-state index in [1.165, 1.54) is 0 Å². The van der Waals surface area contributed by atoms with Gasteiger partial charge in [0.1, 0.15) is 5.75 Å².